The Bertz CT molecular complexity index is 404. The molecule has 1 nitrogen and oxygen atoms in total. The zero-order valence-electron chi connectivity index (χ0n) is 10.6. The van der Waals surface area contributed by atoms with E-state index in [1.807, 2.05) is 19.9 Å². The van der Waals surface area contributed by atoms with Crippen LogP contribution in [0, 0.1) is 0 Å². The SMILES string of the molecule is CC.CCc1cc2ccccc2cc1OC. The van der Waals surface area contributed by atoms with E-state index < -0.39 is 0 Å². The van der Waals surface area contributed by atoms with E-state index in [0.29, 0.717) is 0 Å². The maximum absolute atomic E-state index is 5.34. The number of benzene rings is 2. The third kappa shape index (κ3) is 2.54. The zero-order valence-corrected chi connectivity index (χ0v) is 10.6. The summed E-state index contributed by atoms with van der Waals surface area (Å²) >= 11 is 0. The van der Waals surface area contributed by atoms with E-state index in [9.17, 15) is 0 Å². The van der Waals surface area contributed by atoms with Crippen molar-refractivity contribution in [2.24, 2.45) is 0 Å². The van der Waals surface area contributed by atoms with Crippen molar-refractivity contribution in [2.45, 2.75) is 27.2 Å². The van der Waals surface area contributed by atoms with Crippen LogP contribution in [0.2, 0.25) is 0 Å². The van der Waals surface area contributed by atoms with E-state index in [1.54, 1.807) is 7.11 Å². The Kier molecular flexibility index (Phi) is 4.84. The minimum Gasteiger partial charge on any atom is -0.496 e. The highest BCUT2D eigenvalue weighted by Gasteiger charge is 2.02. The molecule has 2 rings (SSSR count). The predicted octanol–water partition coefficient (Wildman–Crippen LogP) is 4.44. The molecule has 0 radical (unpaired) electrons. The Morgan fingerprint density at radius 3 is 2.06 bits per heavy atom. The lowest BCUT2D eigenvalue weighted by molar-refractivity contribution is 0.411. The number of methoxy groups -OCH3 is 1. The van der Waals surface area contributed by atoms with Crippen molar-refractivity contribution in [1.29, 1.82) is 0 Å². The van der Waals surface area contributed by atoms with E-state index in [1.165, 1.54) is 16.3 Å². The van der Waals surface area contributed by atoms with Gasteiger partial charge in [-0.05, 0) is 34.9 Å². The van der Waals surface area contributed by atoms with E-state index in [0.717, 1.165) is 12.2 Å². The summed E-state index contributed by atoms with van der Waals surface area (Å²) in [5.41, 5.74) is 1.27. The van der Waals surface area contributed by atoms with Gasteiger partial charge in [-0.3, -0.25) is 0 Å². The molecule has 0 amide bonds. The van der Waals surface area contributed by atoms with E-state index in [2.05, 4.69) is 37.3 Å². The molecule has 0 bridgehead atoms. The molecule has 0 atom stereocenters. The molecule has 16 heavy (non-hydrogen) atoms. The van der Waals surface area contributed by atoms with Crippen molar-refractivity contribution in [1.82, 2.24) is 0 Å². The number of rotatable bonds is 2. The minimum atomic E-state index is 0.992. The molecular weight excluding hydrogens is 196 g/mol. The van der Waals surface area contributed by atoms with Crippen molar-refractivity contribution >= 4 is 10.8 Å². The number of hydrogen-bond acceptors (Lipinski definition) is 1. The van der Waals surface area contributed by atoms with Gasteiger partial charge in [0.25, 0.3) is 0 Å². The minimum absolute atomic E-state index is 0.992. The predicted molar refractivity (Wildman–Crippen MR) is 71.2 cm³/mol. The van der Waals surface area contributed by atoms with Crippen LogP contribution < -0.4 is 4.74 Å². The molecule has 0 spiro atoms. The van der Waals surface area contributed by atoms with Gasteiger partial charge in [0.2, 0.25) is 0 Å². The summed E-state index contributed by atoms with van der Waals surface area (Å²) in [5.74, 6) is 0.992. The molecule has 2 aromatic rings. The normalized spacial score (nSPS) is 9.50. The largest absolute Gasteiger partial charge is 0.496 e. The Morgan fingerprint density at radius 1 is 1.00 bits per heavy atom. The van der Waals surface area contributed by atoms with Gasteiger partial charge < -0.3 is 4.74 Å². The van der Waals surface area contributed by atoms with Crippen molar-refractivity contribution < 1.29 is 4.74 Å². The lowest BCUT2D eigenvalue weighted by atomic mass is 10.0. The Balaban J connectivity index is 0.000000606. The van der Waals surface area contributed by atoms with Crippen molar-refractivity contribution in [2.75, 3.05) is 7.11 Å². The molecule has 0 heterocycles. The summed E-state index contributed by atoms with van der Waals surface area (Å²) in [7, 11) is 1.73. The molecule has 0 aliphatic heterocycles. The quantitative estimate of drug-likeness (QED) is 0.721. The van der Waals surface area contributed by atoms with Gasteiger partial charge >= 0.3 is 0 Å². The third-order valence-corrected chi connectivity index (χ3v) is 2.53. The number of aryl methyl sites for hydroxylation is 1. The summed E-state index contributed by atoms with van der Waals surface area (Å²) < 4.78 is 5.34. The molecular formula is C15H20O. The Morgan fingerprint density at radius 2 is 1.56 bits per heavy atom. The van der Waals surface area contributed by atoms with Gasteiger partial charge in [0.05, 0.1) is 7.11 Å². The number of ether oxygens (including phenoxy) is 1. The lowest BCUT2D eigenvalue weighted by Gasteiger charge is -2.08. The van der Waals surface area contributed by atoms with Crippen molar-refractivity contribution in [3.05, 3.63) is 42.0 Å². The molecule has 0 aliphatic carbocycles. The fraction of sp³-hybridized carbons (Fsp3) is 0.333. The molecule has 86 valence electrons. The molecule has 0 N–H and O–H groups in total. The fourth-order valence-corrected chi connectivity index (χ4v) is 1.73. The van der Waals surface area contributed by atoms with Crippen LogP contribution in [0.4, 0.5) is 0 Å². The van der Waals surface area contributed by atoms with Crippen LogP contribution in [0.5, 0.6) is 5.75 Å². The standard InChI is InChI=1S/C13H14O.C2H6/c1-3-10-8-11-6-4-5-7-12(11)9-13(10)14-2;1-2/h4-9H,3H2,1-2H3;1-2H3. The van der Waals surface area contributed by atoms with Crippen LogP contribution in [0.3, 0.4) is 0 Å². The van der Waals surface area contributed by atoms with Crippen LogP contribution in [-0.4, -0.2) is 7.11 Å². The van der Waals surface area contributed by atoms with Crippen molar-refractivity contribution in [3.63, 3.8) is 0 Å². The van der Waals surface area contributed by atoms with Gasteiger partial charge in [-0.1, -0.05) is 45.0 Å². The van der Waals surface area contributed by atoms with Gasteiger partial charge in [-0.25, -0.2) is 0 Å². The van der Waals surface area contributed by atoms with Crippen LogP contribution >= 0.6 is 0 Å². The molecule has 0 aliphatic rings. The van der Waals surface area contributed by atoms with Gasteiger partial charge in [0, 0.05) is 0 Å². The zero-order chi connectivity index (χ0) is 12.0. The highest BCUT2D eigenvalue weighted by atomic mass is 16.5. The number of hydrogen-bond donors (Lipinski definition) is 0. The topological polar surface area (TPSA) is 9.23 Å². The maximum Gasteiger partial charge on any atom is 0.122 e. The summed E-state index contributed by atoms with van der Waals surface area (Å²) in [4.78, 5) is 0. The smallest absolute Gasteiger partial charge is 0.122 e. The van der Waals surface area contributed by atoms with E-state index in [4.69, 9.17) is 4.74 Å². The van der Waals surface area contributed by atoms with Gasteiger partial charge in [-0.15, -0.1) is 0 Å². The Hall–Kier alpha value is -1.50. The second-order valence-corrected chi connectivity index (χ2v) is 3.36. The first-order valence-corrected chi connectivity index (χ1v) is 5.91. The monoisotopic (exact) mass is 216 g/mol. The van der Waals surface area contributed by atoms with Crippen LogP contribution in [0.1, 0.15) is 26.3 Å². The molecule has 0 saturated heterocycles. The first-order valence-electron chi connectivity index (χ1n) is 5.91. The van der Waals surface area contributed by atoms with E-state index in [-0.39, 0.29) is 0 Å². The first-order chi connectivity index (χ1) is 7.85. The van der Waals surface area contributed by atoms with Crippen LogP contribution in [-0.2, 0) is 6.42 Å². The highest BCUT2D eigenvalue weighted by molar-refractivity contribution is 5.84. The maximum atomic E-state index is 5.34. The van der Waals surface area contributed by atoms with Gasteiger partial charge in [0.15, 0.2) is 0 Å². The van der Waals surface area contributed by atoms with Crippen LogP contribution in [0.25, 0.3) is 10.8 Å². The fourth-order valence-electron chi connectivity index (χ4n) is 1.73. The summed E-state index contributed by atoms with van der Waals surface area (Å²) in [5, 5.41) is 2.52. The van der Waals surface area contributed by atoms with Crippen LogP contribution in [0.15, 0.2) is 36.4 Å². The summed E-state index contributed by atoms with van der Waals surface area (Å²) in [6, 6.07) is 12.7. The molecule has 0 aromatic heterocycles. The lowest BCUT2D eigenvalue weighted by Crippen LogP contribution is -1.90. The molecule has 0 unspecified atom stereocenters. The van der Waals surface area contributed by atoms with E-state index >= 15 is 0 Å². The van der Waals surface area contributed by atoms with Gasteiger partial charge in [0.1, 0.15) is 5.75 Å². The Labute approximate surface area is 98.1 Å². The number of fused-ring (bicyclic) bond motifs is 1. The molecule has 2 aromatic carbocycles. The highest BCUT2D eigenvalue weighted by Crippen LogP contribution is 2.25. The third-order valence-electron chi connectivity index (χ3n) is 2.53. The second-order valence-electron chi connectivity index (χ2n) is 3.36. The summed E-state index contributed by atoms with van der Waals surface area (Å²) in [6.07, 6.45) is 1.01. The average molecular weight is 216 g/mol. The molecule has 1 heteroatoms. The van der Waals surface area contributed by atoms with Gasteiger partial charge in [-0.2, -0.15) is 0 Å². The molecule has 0 saturated carbocycles. The molecule has 0 fully saturated rings. The average Bonchev–Trinajstić information content (AvgIpc) is 2.39. The first kappa shape index (κ1) is 12.6. The second kappa shape index (κ2) is 6.16. The summed E-state index contributed by atoms with van der Waals surface area (Å²) in [6.45, 7) is 6.15. The van der Waals surface area contributed by atoms with Crippen molar-refractivity contribution in [3.8, 4) is 5.75 Å².